The highest BCUT2D eigenvalue weighted by molar-refractivity contribution is 5.35. The zero-order valence-electron chi connectivity index (χ0n) is 9.24. The van der Waals surface area contributed by atoms with Crippen LogP contribution >= 0.6 is 0 Å². The van der Waals surface area contributed by atoms with Crippen molar-refractivity contribution in [2.45, 2.75) is 37.6 Å². The van der Waals surface area contributed by atoms with Crippen LogP contribution in [0.3, 0.4) is 0 Å². The Morgan fingerprint density at radius 2 is 2.20 bits per heavy atom. The first kappa shape index (κ1) is 10.7. The highest BCUT2D eigenvalue weighted by Gasteiger charge is 2.28. The van der Waals surface area contributed by atoms with Gasteiger partial charge in [-0.15, -0.1) is 0 Å². The molecule has 0 saturated heterocycles. The van der Waals surface area contributed by atoms with E-state index in [0.29, 0.717) is 5.92 Å². The summed E-state index contributed by atoms with van der Waals surface area (Å²) in [6.07, 6.45) is 3.20. The van der Waals surface area contributed by atoms with E-state index in [2.05, 4.69) is 24.3 Å². The van der Waals surface area contributed by atoms with Gasteiger partial charge in [0.05, 0.1) is 6.61 Å². The predicted molar refractivity (Wildman–Crippen MR) is 61.8 cm³/mol. The van der Waals surface area contributed by atoms with Gasteiger partial charge < -0.3 is 10.8 Å². The van der Waals surface area contributed by atoms with Crippen LogP contribution < -0.4 is 5.73 Å². The van der Waals surface area contributed by atoms with E-state index in [0.717, 1.165) is 12.8 Å². The molecule has 82 valence electrons. The van der Waals surface area contributed by atoms with Crippen molar-refractivity contribution >= 4 is 0 Å². The molecule has 2 atom stereocenters. The molecular weight excluding hydrogens is 186 g/mol. The normalized spacial score (nSPS) is 23.5. The van der Waals surface area contributed by atoms with Gasteiger partial charge in [0.2, 0.25) is 0 Å². The van der Waals surface area contributed by atoms with Gasteiger partial charge in [0.1, 0.15) is 0 Å². The smallest absolute Gasteiger partial charge is 0.0608 e. The van der Waals surface area contributed by atoms with Crippen molar-refractivity contribution in [2.24, 2.45) is 5.73 Å². The summed E-state index contributed by atoms with van der Waals surface area (Å²) in [5.41, 5.74) is 8.45. The fraction of sp³-hybridized carbons (Fsp3) is 0.538. The lowest BCUT2D eigenvalue weighted by atomic mass is 9.87. The maximum Gasteiger partial charge on any atom is 0.0608 e. The second-order valence-electron chi connectivity index (χ2n) is 4.95. The molecule has 1 aromatic carbocycles. The predicted octanol–water partition coefficient (Wildman–Crippen LogP) is 1.82. The minimum atomic E-state index is -0.442. The third-order valence-corrected chi connectivity index (χ3v) is 3.33. The second-order valence-corrected chi connectivity index (χ2v) is 4.95. The van der Waals surface area contributed by atoms with Crippen LogP contribution in [-0.2, 0) is 6.42 Å². The third-order valence-electron chi connectivity index (χ3n) is 3.33. The number of hydrogen-bond acceptors (Lipinski definition) is 2. The van der Waals surface area contributed by atoms with E-state index in [1.807, 2.05) is 6.92 Å². The van der Waals surface area contributed by atoms with Gasteiger partial charge in [-0.1, -0.05) is 24.3 Å². The summed E-state index contributed by atoms with van der Waals surface area (Å²) < 4.78 is 0. The summed E-state index contributed by atoms with van der Waals surface area (Å²) >= 11 is 0. The minimum Gasteiger partial charge on any atom is -0.394 e. The van der Waals surface area contributed by atoms with E-state index in [-0.39, 0.29) is 6.61 Å². The number of nitrogens with two attached hydrogens (primary N) is 1. The monoisotopic (exact) mass is 205 g/mol. The molecule has 2 unspecified atom stereocenters. The van der Waals surface area contributed by atoms with Crippen molar-refractivity contribution < 1.29 is 5.11 Å². The van der Waals surface area contributed by atoms with Crippen molar-refractivity contribution in [3.8, 4) is 0 Å². The molecule has 0 heterocycles. The minimum absolute atomic E-state index is 0.0612. The van der Waals surface area contributed by atoms with Gasteiger partial charge in [-0.2, -0.15) is 0 Å². The highest BCUT2D eigenvalue weighted by Crippen LogP contribution is 2.37. The number of benzene rings is 1. The van der Waals surface area contributed by atoms with E-state index in [1.54, 1.807) is 0 Å². The van der Waals surface area contributed by atoms with Crippen LogP contribution in [0.1, 0.15) is 36.8 Å². The molecule has 0 aliphatic heterocycles. The van der Waals surface area contributed by atoms with Gasteiger partial charge in [0, 0.05) is 5.54 Å². The van der Waals surface area contributed by atoms with Gasteiger partial charge in [-0.3, -0.25) is 0 Å². The van der Waals surface area contributed by atoms with E-state index >= 15 is 0 Å². The average Bonchev–Trinajstić information content (AvgIpc) is 2.62. The number of rotatable bonds is 3. The molecule has 1 aromatic rings. The largest absolute Gasteiger partial charge is 0.394 e. The van der Waals surface area contributed by atoms with Crippen molar-refractivity contribution in [3.05, 3.63) is 35.4 Å². The van der Waals surface area contributed by atoms with Crippen LogP contribution in [0.15, 0.2) is 24.3 Å². The lowest BCUT2D eigenvalue weighted by molar-refractivity contribution is 0.192. The maximum absolute atomic E-state index is 9.18. The Hall–Kier alpha value is -0.860. The molecule has 3 N–H and O–H groups in total. The lowest BCUT2D eigenvalue weighted by Crippen LogP contribution is -2.41. The first-order valence-corrected chi connectivity index (χ1v) is 5.60. The van der Waals surface area contributed by atoms with Gasteiger partial charge in [-0.05, 0) is 43.2 Å². The first-order chi connectivity index (χ1) is 7.12. The zero-order chi connectivity index (χ0) is 10.9. The van der Waals surface area contributed by atoms with E-state index < -0.39 is 5.54 Å². The Labute approximate surface area is 91.1 Å². The van der Waals surface area contributed by atoms with Crippen LogP contribution in [0.5, 0.6) is 0 Å². The number of aryl methyl sites for hydroxylation is 1. The molecule has 1 aliphatic carbocycles. The van der Waals surface area contributed by atoms with Crippen LogP contribution in [-0.4, -0.2) is 17.3 Å². The van der Waals surface area contributed by atoms with Crippen molar-refractivity contribution in [1.29, 1.82) is 0 Å². The van der Waals surface area contributed by atoms with Crippen molar-refractivity contribution in [2.75, 3.05) is 6.61 Å². The lowest BCUT2D eigenvalue weighted by Gasteiger charge is -2.25. The Morgan fingerprint density at radius 1 is 1.47 bits per heavy atom. The van der Waals surface area contributed by atoms with Crippen molar-refractivity contribution in [3.63, 3.8) is 0 Å². The second kappa shape index (κ2) is 3.95. The molecule has 0 radical (unpaired) electrons. The summed E-state index contributed by atoms with van der Waals surface area (Å²) in [7, 11) is 0. The molecule has 2 heteroatoms. The van der Waals surface area contributed by atoms with E-state index in [9.17, 15) is 5.11 Å². The maximum atomic E-state index is 9.18. The average molecular weight is 205 g/mol. The highest BCUT2D eigenvalue weighted by atomic mass is 16.3. The quantitative estimate of drug-likeness (QED) is 0.790. The fourth-order valence-corrected chi connectivity index (χ4v) is 2.48. The van der Waals surface area contributed by atoms with Crippen molar-refractivity contribution in [1.82, 2.24) is 0 Å². The number of aliphatic hydroxyl groups excluding tert-OH is 1. The Kier molecular flexibility index (Phi) is 2.81. The molecule has 0 amide bonds. The molecule has 15 heavy (non-hydrogen) atoms. The number of aliphatic hydroxyl groups is 1. The number of fused-ring (bicyclic) bond motifs is 1. The third kappa shape index (κ3) is 2.21. The zero-order valence-corrected chi connectivity index (χ0v) is 9.24. The summed E-state index contributed by atoms with van der Waals surface area (Å²) in [6.45, 7) is 1.99. The summed E-state index contributed by atoms with van der Waals surface area (Å²) in [5, 5.41) is 9.18. The summed E-state index contributed by atoms with van der Waals surface area (Å²) in [4.78, 5) is 0. The standard InChI is InChI=1S/C13H19NO/c1-13(14,9-15)8-11-7-6-10-4-2-3-5-12(10)11/h2-5,11,15H,6-9,14H2,1H3. The Morgan fingerprint density at radius 3 is 2.93 bits per heavy atom. The number of hydrogen-bond donors (Lipinski definition) is 2. The molecule has 0 fully saturated rings. The molecule has 2 nitrogen and oxygen atoms in total. The molecule has 0 spiro atoms. The molecule has 1 aliphatic rings. The van der Waals surface area contributed by atoms with Crippen LogP contribution in [0.25, 0.3) is 0 Å². The van der Waals surface area contributed by atoms with E-state index in [1.165, 1.54) is 17.5 Å². The molecule has 2 rings (SSSR count). The Balaban J connectivity index is 2.14. The first-order valence-electron chi connectivity index (χ1n) is 5.60. The van der Waals surface area contributed by atoms with Gasteiger partial charge in [0.25, 0.3) is 0 Å². The Bertz CT molecular complexity index is 346. The molecule has 0 aromatic heterocycles. The molecular formula is C13H19NO. The topological polar surface area (TPSA) is 46.2 Å². The summed E-state index contributed by atoms with van der Waals surface area (Å²) in [5.74, 6) is 0.531. The summed E-state index contributed by atoms with van der Waals surface area (Å²) in [6, 6.07) is 8.57. The van der Waals surface area contributed by atoms with Gasteiger partial charge in [-0.25, -0.2) is 0 Å². The molecule has 0 saturated carbocycles. The van der Waals surface area contributed by atoms with Gasteiger partial charge >= 0.3 is 0 Å². The van der Waals surface area contributed by atoms with E-state index in [4.69, 9.17) is 5.73 Å². The van der Waals surface area contributed by atoms with Crippen LogP contribution in [0, 0.1) is 0 Å². The molecule has 0 bridgehead atoms. The SMILES string of the molecule is CC(N)(CO)CC1CCc2ccccc21. The van der Waals surface area contributed by atoms with Gasteiger partial charge in [0.15, 0.2) is 0 Å². The van der Waals surface area contributed by atoms with Crippen LogP contribution in [0.2, 0.25) is 0 Å². The fourth-order valence-electron chi connectivity index (χ4n) is 2.48. The van der Waals surface area contributed by atoms with Crippen LogP contribution in [0.4, 0.5) is 0 Å².